The van der Waals surface area contributed by atoms with Gasteiger partial charge >= 0.3 is 0 Å². The molecule has 1 aliphatic rings. The molecule has 2 rings (SSSR count). The molecule has 2 N–H and O–H groups in total. The number of pyridine rings is 1. The average Bonchev–Trinajstić information content (AvgIpc) is 2.88. The van der Waals surface area contributed by atoms with E-state index in [0.717, 1.165) is 13.0 Å². The molecule has 2 unspecified atom stereocenters. The lowest BCUT2D eigenvalue weighted by Crippen LogP contribution is -2.32. The van der Waals surface area contributed by atoms with E-state index in [1.807, 2.05) is 6.92 Å². The number of carbonyl (C=O) groups excluding carboxylic acids is 1. The van der Waals surface area contributed by atoms with Gasteiger partial charge in [-0.15, -0.1) is 0 Å². The smallest absolute Gasteiger partial charge is 0.252 e. The van der Waals surface area contributed by atoms with E-state index in [1.54, 1.807) is 12.3 Å². The van der Waals surface area contributed by atoms with E-state index >= 15 is 0 Å². The average molecular weight is 274 g/mol. The lowest BCUT2D eigenvalue weighted by atomic mass is 10.0. The Hall–Kier alpha value is -1.90. The number of aliphatic hydroxyl groups is 1. The number of ether oxygens (including phenoxy) is 1. The van der Waals surface area contributed by atoms with Crippen LogP contribution in [0.2, 0.25) is 0 Å². The van der Waals surface area contributed by atoms with Crippen LogP contribution in [-0.2, 0) is 4.74 Å². The minimum absolute atomic E-state index is 0.163. The molecule has 1 amide bonds. The van der Waals surface area contributed by atoms with E-state index in [1.165, 1.54) is 6.20 Å². The zero-order chi connectivity index (χ0) is 14.4. The summed E-state index contributed by atoms with van der Waals surface area (Å²) in [5.74, 6) is 5.46. The third-order valence-electron chi connectivity index (χ3n) is 3.37. The van der Waals surface area contributed by atoms with Gasteiger partial charge in [0.2, 0.25) is 0 Å². The molecule has 0 radical (unpaired) electrons. The number of amides is 1. The van der Waals surface area contributed by atoms with Crippen molar-refractivity contribution in [1.29, 1.82) is 0 Å². The van der Waals surface area contributed by atoms with Gasteiger partial charge in [-0.3, -0.25) is 9.78 Å². The molecule has 1 aliphatic heterocycles. The minimum Gasteiger partial charge on any atom is -0.384 e. The summed E-state index contributed by atoms with van der Waals surface area (Å²) < 4.78 is 5.46. The first kappa shape index (κ1) is 14.5. The van der Waals surface area contributed by atoms with Crippen LogP contribution in [0.15, 0.2) is 18.5 Å². The van der Waals surface area contributed by atoms with Crippen LogP contribution >= 0.6 is 0 Å². The second-order valence-electron chi connectivity index (χ2n) is 4.76. The third kappa shape index (κ3) is 3.80. The molecular weight excluding hydrogens is 256 g/mol. The maximum absolute atomic E-state index is 12.0. The maximum atomic E-state index is 12.0. The van der Waals surface area contributed by atoms with E-state index in [4.69, 9.17) is 9.84 Å². The Morgan fingerprint density at radius 3 is 3.15 bits per heavy atom. The second kappa shape index (κ2) is 7.04. The van der Waals surface area contributed by atoms with Gasteiger partial charge in [-0.05, 0) is 19.4 Å². The van der Waals surface area contributed by atoms with Crippen molar-refractivity contribution in [3.8, 4) is 11.8 Å². The molecule has 5 nitrogen and oxygen atoms in total. The Kier molecular flexibility index (Phi) is 5.10. The Morgan fingerprint density at radius 1 is 1.60 bits per heavy atom. The molecule has 1 fully saturated rings. The van der Waals surface area contributed by atoms with Crippen molar-refractivity contribution in [2.45, 2.75) is 19.4 Å². The molecule has 0 bridgehead atoms. The van der Waals surface area contributed by atoms with E-state index in [-0.39, 0.29) is 18.6 Å². The van der Waals surface area contributed by atoms with Gasteiger partial charge in [-0.25, -0.2) is 0 Å². The van der Waals surface area contributed by atoms with Gasteiger partial charge < -0.3 is 15.2 Å². The molecular formula is C15H18N2O3. The quantitative estimate of drug-likeness (QED) is 0.791. The first-order valence-corrected chi connectivity index (χ1v) is 6.65. The predicted octanol–water partition coefficient (Wildman–Crippen LogP) is 0.580. The molecule has 0 spiro atoms. The van der Waals surface area contributed by atoms with Gasteiger partial charge in [0.1, 0.15) is 6.61 Å². The molecule has 5 heteroatoms. The van der Waals surface area contributed by atoms with Crippen LogP contribution in [0.3, 0.4) is 0 Å². The van der Waals surface area contributed by atoms with Crippen LogP contribution in [0.4, 0.5) is 0 Å². The number of hydrogen-bond donors (Lipinski definition) is 2. The fourth-order valence-electron chi connectivity index (χ4n) is 2.14. The van der Waals surface area contributed by atoms with Crippen LogP contribution in [0.1, 0.15) is 29.3 Å². The van der Waals surface area contributed by atoms with Crippen molar-refractivity contribution in [1.82, 2.24) is 10.3 Å². The number of carbonyl (C=O) groups is 1. The van der Waals surface area contributed by atoms with E-state index in [2.05, 4.69) is 22.1 Å². The highest BCUT2D eigenvalue weighted by Crippen LogP contribution is 2.19. The van der Waals surface area contributed by atoms with Crippen molar-refractivity contribution >= 4 is 5.91 Å². The summed E-state index contributed by atoms with van der Waals surface area (Å²) in [6.07, 6.45) is 4.23. The van der Waals surface area contributed by atoms with E-state index in [9.17, 15) is 4.79 Å². The van der Waals surface area contributed by atoms with Gasteiger partial charge in [0, 0.05) is 37.0 Å². The first-order chi connectivity index (χ1) is 9.70. The van der Waals surface area contributed by atoms with Crippen molar-refractivity contribution in [3.63, 3.8) is 0 Å². The Balaban J connectivity index is 1.95. The van der Waals surface area contributed by atoms with Gasteiger partial charge in [0.15, 0.2) is 0 Å². The zero-order valence-corrected chi connectivity index (χ0v) is 11.4. The summed E-state index contributed by atoms with van der Waals surface area (Å²) in [5, 5.41) is 11.5. The lowest BCUT2D eigenvalue weighted by Gasteiger charge is -2.14. The van der Waals surface area contributed by atoms with Gasteiger partial charge in [0.05, 0.1) is 11.7 Å². The largest absolute Gasteiger partial charge is 0.384 e. The molecule has 1 saturated heterocycles. The van der Waals surface area contributed by atoms with Crippen LogP contribution in [0.5, 0.6) is 0 Å². The highest BCUT2D eigenvalue weighted by atomic mass is 16.5. The van der Waals surface area contributed by atoms with Crippen LogP contribution < -0.4 is 5.32 Å². The second-order valence-corrected chi connectivity index (χ2v) is 4.76. The van der Waals surface area contributed by atoms with Crippen LogP contribution in [0, 0.1) is 17.8 Å². The fraction of sp³-hybridized carbons (Fsp3) is 0.467. The van der Waals surface area contributed by atoms with Crippen molar-refractivity contribution in [3.05, 3.63) is 29.6 Å². The first-order valence-electron chi connectivity index (χ1n) is 6.65. The molecule has 0 saturated carbocycles. The Bertz CT molecular complexity index is 533. The fourth-order valence-corrected chi connectivity index (χ4v) is 2.14. The number of aromatic nitrogens is 1. The monoisotopic (exact) mass is 274 g/mol. The van der Waals surface area contributed by atoms with E-state index < -0.39 is 0 Å². The summed E-state index contributed by atoms with van der Waals surface area (Å²) in [6.45, 7) is 3.18. The highest BCUT2D eigenvalue weighted by Gasteiger charge is 2.24. The summed E-state index contributed by atoms with van der Waals surface area (Å²) in [4.78, 5) is 16.0. The highest BCUT2D eigenvalue weighted by molar-refractivity contribution is 5.94. The number of nitrogens with zero attached hydrogens (tertiary/aromatic N) is 1. The normalized spacial score (nSPS) is 21.1. The van der Waals surface area contributed by atoms with Crippen molar-refractivity contribution < 1.29 is 14.6 Å². The summed E-state index contributed by atoms with van der Waals surface area (Å²) in [5.41, 5.74) is 1.09. The van der Waals surface area contributed by atoms with Crippen molar-refractivity contribution in [2.75, 3.05) is 19.8 Å². The molecule has 0 aromatic carbocycles. The topological polar surface area (TPSA) is 71.5 Å². The molecule has 1 aromatic rings. The SMILES string of the molecule is CC1OCCC1CNC(=O)c1cncc(C#CCO)c1. The predicted molar refractivity (Wildman–Crippen MR) is 74.1 cm³/mol. The minimum atomic E-state index is -0.212. The number of aliphatic hydroxyl groups excluding tert-OH is 1. The Morgan fingerprint density at radius 2 is 2.45 bits per heavy atom. The zero-order valence-electron chi connectivity index (χ0n) is 11.4. The molecule has 106 valence electrons. The molecule has 2 heterocycles. The van der Waals surface area contributed by atoms with Crippen LogP contribution in [0.25, 0.3) is 0 Å². The number of hydrogen-bond acceptors (Lipinski definition) is 4. The number of nitrogens with one attached hydrogen (secondary N) is 1. The number of rotatable bonds is 3. The standard InChI is InChI=1S/C15H18N2O3/c1-11-13(4-6-20-11)10-17-15(19)14-7-12(3-2-5-18)8-16-9-14/h7-9,11,13,18H,4-6,10H2,1H3,(H,17,19). The molecule has 20 heavy (non-hydrogen) atoms. The van der Waals surface area contributed by atoms with Crippen molar-refractivity contribution in [2.24, 2.45) is 5.92 Å². The third-order valence-corrected chi connectivity index (χ3v) is 3.37. The molecule has 0 aliphatic carbocycles. The molecule has 1 aromatic heterocycles. The molecule has 2 atom stereocenters. The maximum Gasteiger partial charge on any atom is 0.252 e. The summed E-state index contributed by atoms with van der Waals surface area (Å²) in [6, 6.07) is 1.67. The van der Waals surface area contributed by atoms with Gasteiger partial charge in [-0.2, -0.15) is 0 Å². The summed E-state index contributed by atoms with van der Waals surface area (Å²) in [7, 11) is 0. The lowest BCUT2D eigenvalue weighted by molar-refractivity contribution is 0.0907. The Labute approximate surface area is 118 Å². The van der Waals surface area contributed by atoms with Gasteiger partial charge in [-0.1, -0.05) is 11.8 Å². The van der Waals surface area contributed by atoms with Crippen LogP contribution in [-0.4, -0.2) is 41.9 Å². The summed E-state index contributed by atoms with van der Waals surface area (Å²) >= 11 is 0. The van der Waals surface area contributed by atoms with Gasteiger partial charge in [0.25, 0.3) is 5.91 Å². The van der Waals surface area contributed by atoms with E-state index in [0.29, 0.717) is 23.6 Å².